The molecule has 0 spiro atoms. The van der Waals surface area contributed by atoms with Gasteiger partial charge in [-0.2, -0.15) is 11.3 Å². The van der Waals surface area contributed by atoms with Crippen molar-refractivity contribution in [1.82, 2.24) is 4.90 Å². The van der Waals surface area contributed by atoms with Gasteiger partial charge < -0.3 is 9.47 Å². The number of benzene rings is 1. The Morgan fingerprint density at radius 1 is 1.13 bits per heavy atom. The summed E-state index contributed by atoms with van der Waals surface area (Å²) in [7, 11) is 3.77. The third-order valence-corrected chi connectivity index (χ3v) is 6.34. The Hall–Kier alpha value is -2.36. The molecule has 0 saturated heterocycles. The number of nitrogens with zero attached hydrogens (tertiary/aromatic N) is 1. The fourth-order valence-corrected chi connectivity index (χ4v) is 4.33. The first-order valence-corrected chi connectivity index (χ1v) is 12.0. The average molecular weight is 452 g/mol. The van der Waals surface area contributed by atoms with Crippen LogP contribution in [-0.4, -0.2) is 31.2 Å². The minimum absolute atomic E-state index is 0.411. The van der Waals surface area contributed by atoms with Crippen LogP contribution in [0.4, 0.5) is 0 Å². The predicted octanol–water partition coefficient (Wildman–Crippen LogP) is 6.47. The van der Waals surface area contributed by atoms with Crippen LogP contribution in [0.3, 0.4) is 0 Å². The Kier molecular flexibility index (Phi) is 8.51. The lowest BCUT2D eigenvalue weighted by molar-refractivity contribution is 0.0742. The molecule has 3 nitrogen and oxygen atoms in total. The molecule has 2 heterocycles. The summed E-state index contributed by atoms with van der Waals surface area (Å²) in [4.78, 5) is 3.47. The highest BCUT2D eigenvalue weighted by atomic mass is 32.1. The number of likely N-dealkylation sites (N-methyl/N-ethyl adjacent to an activating group) is 1. The lowest BCUT2D eigenvalue weighted by Gasteiger charge is -2.15. The summed E-state index contributed by atoms with van der Waals surface area (Å²) in [6.45, 7) is 6.17. The van der Waals surface area contributed by atoms with Crippen LogP contribution in [0.1, 0.15) is 24.3 Å². The summed E-state index contributed by atoms with van der Waals surface area (Å²) in [5.41, 5.74) is 3.36. The molecule has 0 unspecified atom stereocenters. The van der Waals surface area contributed by atoms with E-state index in [1.165, 1.54) is 21.6 Å². The van der Waals surface area contributed by atoms with Gasteiger partial charge in [-0.05, 0) is 84.1 Å². The van der Waals surface area contributed by atoms with Crippen LogP contribution in [0.5, 0.6) is 5.75 Å². The van der Waals surface area contributed by atoms with Crippen LogP contribution < -0.4 is 4.74 Å². The Morgan fingerprint density at radius 3 is 2.77 bits per heavy atom. The van der Waals surface area contributed by atoms with Crippen LogP contribution in [0.25, 0.3) is 11.1 Å². The van der Waals surface area contributed by atoms with E-state index in [9.17, 15) is 0 Å². The SMILES string of the molecule is COC(C)(C)C#C/C=C/CN(C)Cc1cccc(OCc2cc(-c3ccsc3)cs2)c1. The molecule has 1 aromatic carbocycles. The molecule has 0 aliphatic carbocycles. The number of ether oxygens (including phenoxy) is 2. The quantitative estimate of drug-likeness (QED) is 0.348. The van der Waals surface area contributed by atoms with Gasteiger partial charge in [-0.15, -0.1) is 11.3 Å². The Labute approximate surface area is 194 Å². The molecule has 2 aromatic heterocycles. The lowest BCUT2D eigenvalue weighted by Crippen LogP contribution is -2.19. The van der Waals surface area contributed by atoms with Crippen molar-refractivity contribution in [2.24, 2.45) is 0 Å². The fraction of sp³-hybridized carbons (Fsp3) is 0.308. The predicted molar refractivity (Wildman–Crippen MR) is 133 cm³/mol. The van der Waals surface area contributed by atoms with E-state index in [1.54, 1.807) is 29.8 Å². The van der Waals surface area contributed by atoms with E-state index in [0.717, 1.165) is 18.8 Å². The Balaban J connectivity index is 1.48. The molecule has 3 rings (SSSR count). The maximum absolute atomic E-state index is 6.05. The van der Waals surface area contributed by atoms with Crippen LogP contribution in [-0.2, 0) is 17.9 Å². The van der Waals surface area contributed by atoms with Crippen LogP contribution in [0, 0.1) is 11.8 Å². The summed E-state index contributed by atoms with van der Waals surface area (Å²) < 4.78 is 11.3. The molecule has 31 heavy (non-hydrogen) atoms. The highest BCUT2D eigenvalue weighted by molar-refractivity contribution is 7.10. The molecule has 5 heteroatoms. The molecular formula is C26H29NO2S2. The van der Waals surface area contributed by atoms with E-state index in [4.69, 9.17) is 9.47 Å². The number of methoxy groups -OCH3 is 1. The molecule has 3 aromatic rings. The van der Waals surface area contributed by atoms with Crippen molar-refractivity contribution in [3.63, 3.8) is 0 Å². The van der Waals surface area contributed by atoms with E-state index in [-0.39, 0.29) is 0 Å². The van der Waals surface area contributed by atoms with E-state index >= 15 is 0 Å². The summed E-state index contributed by atoms with van der Waals surface area (Å²) >= 11 is 3.47. The van der Waals surface area contributed by atoms with Crippen molar-refractivity contribution in [2.45, 2.75) is 32.6 Å². The normalized spacial score (nSPS) is 11.6. The zero-order valence-corrected chi connectivity index (χ0v) is 20.2. The van der Waals surface area contributed by atoms with Gasteiger partial charge in [-0.25, -0.2) is 0 Å². The first-order chi connectivity index (χ1) is 14.9. The Morgan fingerprint density at radius 2 is 2.00 bits per heavy atom. The van der Waals surface area contributed by atoms with Crippen molar-refractivity contribution in [1.29, 1.82) is 0 Å². The zero-order chi connectivity index (χ0) is 22.1. The summed E-state index contributed by atoms with van der Waals surface area (Å²) in [5, 5.41) is 6.48. The highest BCUT2D eigenvalue weighted by Gasteiger charge is 2.10. The number of rotatable bonds is 9. The molecule has 0 radical (unpaired) electrons. The second kappa shape index (κ2) is 11.3. The summed E-state index contributed by atoms with van der Waals surface area (Å²) in [6, 6.07) is 12.7. The van der Waals surface area contributed by atoms with Crippen molar-refractivity contribution in [3.05, 3.63) is 75.1 Å². The largest absolute Gasteiger partial charge is 0.488 e. The fourth-order valence-electron chi connectivity index (χ4n) is 2.86. The second-order valence-electron chi connectivity index (χ2n) is 7.83. The minimum Gasteiger partial charge on any atom is -0.488 e. The maximum Gasteiger partial charge on any atom is 0.123 e. The molecule has 0 aliphatic rings. The highest BCUT2D eigenvalue weighted by Crippen LogP contribution is 2.28. The van der Waals surface area contributed by atoms with Gasteiger partial charge in [-0.1, -0.05) is 30.0 Å². The first kappa shape index (κ1) is 23.3. The van der Waals surface area contributed by atoms with Gasteiger partial charge in [0.2, 0.25) is 0 Å². The van der Waals surface area contributed by atoms with Crippen LogP contribution >= 0.6 is 22.7 Å². The number of thiophene rings is 2. The van der Waals surface area contributed by atoms with Gasteiger partial charge in [0, 0.05) is 25.1 Å². The van der Waals surface area contributed by atoms with Crippen LogP contribution in [0.2, 0.25) is 0 Å². The summed E-state index contributed by atoms with van der Waals surface area (Å²) in [6.07, 6.45) is 3.96. The molecule has 0 bridgehead atoms. The van der Waals surface area contributed by atoms with E-state index < -0.39 is 5.60 Å². The van der Waals surface area contributed by atoms with E-state index in [2.05, 4.69) is 76.3 Å². The van der Waals surface area contributed by atoms with Crippen LogP contribution in [0.15, 0.2) is 64.7 Å². The minimum atomic E-state index is -0.411. The van der Waals surface area contributed by atoms with Crippen molar-refractivity contribution < 1.29 is 9.47 Å². The molecule has 0 N–H and O–H groups in total. The van der Waals surface area contributed by atoms with Gasteiger partial charge in [0.1, 0.15) is 18.0 Å². The van der Waals surface area contributed by atoms with Gasteiger partial charge in [0.05, 0.1) is 0 Å². The maximum atomic E-state index is 6.05. The topological polar surface area (TPSA) is 21.7 Å². The van der Waals surface area contributed by atoms with Gasteiger partial charge in [0.25, 0.3) is 0 Å². The average Bonchev–Trinajstić information content (AvgIpc) is 3.44. The smallest absolute Gasteiger partial charge is 0.123 e. The molecule has 162 valence electrons. The molecule has 0 atom stereocenters. The third-order valence-electron chi connectivity index (χ3n) is 4.74. The molecule has 0 aliphatic heterocycles. The number of hydrogen-bond acceptors (Lipinski definition) is 5. The van der Waals surface area contributed by atoms with Gasteiger partial charge >= 0.3 is 0 Å². The van der Waals surface area contributed by atoms with Gasteiger partial charge in [-0.3, -0.25) is 4.90 Å². The molecular weight excluding hydrogens is 422 g/mol. The van der Waals surface area contributed by atoms with Gasteiger partial charge in [0.15, 0.2) is 0 Å². The zero-order valence-electron chi connectivity index (χ0n) is 18.6. The molecule has 0 amide bonds. The summed E-state index contributed by atoms with van der Waals surface area (Å²) in [5.74, 6) is 7.03. The van der Waals surface area contributed by atoms with Crippen molar-refractivity contribution in [2.75, 3.05) is 20.7 Å². The standard InChI is InChI=1S/C26H29NO2S2/c1-26(2,28-4)12-6-5-7-13-27(3)17-21-9-8-10-24(15-21)29-18-25-16-23(20-31-25)22-11-14-30-19-22/h5,7-11,14-16,19-20H,13,17-18H2,1-4H3/b7-5+. The van der Waals surface area contributed by atoms with E-state index in [0.29, 0.717) is 6.61 Å². The third kappa shape index (κ3) is 7.68. The van der Waals surface area contributed by atoms with Crippen molar-refractivity contribution in [3.8, 4) is 28.7 Å². The first-order valence-electron chi connectivity index (χ1n) is 10.2. The number of allylic oxidation sites excluding steroid dienone is 1. The van der Waals surface area contributed by atoms with E-state index in [1.807, 2.05) is 26.0 Å². The van der Waals surface area contributed by atoms with Crippen molar-refractivity contribution >= 4 is 22.7 Å². The second-order valence-corrected chi connectivity index (χ2v) is 9.61. The molecule has 0 saturated carbocycles. The monoisotopic (exact) mass is 451 g/mol. The Bertz CT molecular complexity index is 1040. The number of hydrogen-bond donors (Lipinski definition) is 0. The lowest BCUT2D eigenvalue weighted by atomic mass is 10.1. The molecule has 0 fully saturated rings.